The summed E-state index contributed by atoms with van der Waals surface area (Å²) < 4.78 is 12.4. The van der Waals surface area contributed by atoms with Gasteiger partial charge in [0, 0.05) is 18.9 Å². The summed E-state index contributed by atoms with van der Waals surface area (Å²) in [5, 5.41) is 0. The molecule has 0 radical (unpaired) electrons. The molecule has 2 aliphatic rings. The van der Waals surface area contributed by atoms with Crippen molar-refractivity contribution >= 4 is 18.3 Å². The number of hydrogen-bond donors (Lipinski definition) is 0. The Bertz CT molecular complexity index is 705. The lowest BCUT2D eigenvalue weighted by Gasteiger charge is -2.32. The zero-order chi connectivity index (χ0) is 18.8. The monoisotopic (exact) mass is 341 g/mol. The standard InChI is InChI=1S/C21H32BNO2/c1-14-10-11-16(22-24-20(5,6)21(7,8)25-22)12-18(14)23(9)13-17-15(2)19(17,3)4/h10-13,15H,1-9H3. The predicted octanol–water partition coefficient (Wildman–Crippen LogP) is 4.29. The third-order valence-electron chi connectivity index (χ3n) is 6.68. The maximum atomic E-state index is 6.21. The highest BCUT2D eigenvalue weighted by Gasteiger charge is 2.52. The van der Waals surface area contributed by atoms with Crippen molar-refractivity contribution in [3.63, 3.8) is 0 Å². The second-order valence-corrected chi connectivity index (χ2v) is 9.27. The molecule has 1 saturated carbocycles. The molecule has 1 saturated heterocycles. The molecule has 1 unspecified atom stereocenters. The van der Waals surface area contributed by atoms with E-state index in [0.29, 0.717) is 11.3 Å². The first-order chi connectivity index (χ1) is 11.4. The maximum absolute atomic E-state index is 6.21. The van der Waals surface area contributed by atoms with Gasteiger partial charge < -0.3 is 14.2 Å². The zero-order valence-corrected chi connectivity index (χ0v) is 17.2. The third-order valence-corrected chi connectivity index (χ3v) is 6.68. The highest BCUT2D eigenvalue weighted by atomic mass is 16.7. The summed E-state index contributed by atoms with van der Waals surface area (Å²) in [6, 6.07) is 6.48. The third kappa shape index (κ3) is 3.04. The van der Waals surface area contributed by atoms with Crippen molar-refractivity contribution < 1.29 is 9.31 Å². The molecule has 1 aromatic carbocycles. The normalized spacial score (nSPS) is 27.6. The smallest absolute Gasteiger partial charge is 0.399 e. The van der Waals surface area contributed by atoms with Crippen molar-refractivity contribution in [2.75, 3.05) is 11.9 Å². The van der Waals surface area contributed by atoms with Crippen LogP contribution in [0, 0.1) is 18.3 Å². The molecule has 0 aromatic heterocycles. The Morgan fingerprint density at radius 1 is 1.04 bits per heavy atom. The second kappa shape index (κ2) is 5.62. The Labute approximate surface area is 153 Å². The fourth-order valence-corrected chi connectivity index (χ4v) is 3.50. The summed E-state index contributed by atoms with van der Waals surface area (Å²) in [6.45, 7) is 17.4. The number of rotatable bonds is 3. The van der Waals surface area contributed by atoms with Gasteiger partial charge in [0.25, 0.3) is 0 Å². The minimum atomic E-state index is -0.318. The van der Waals surface area contributed by atoms with Crippen LogP contribution in [0.2, 0.25) is 0 Å². The Morgan fingerprint density at radius 2 is 1.56 bits per heavy atom. The fraction of sp³-hybridized carbons (Fsp3) is 0.619. The fourth-order valence-electron chi connectivity index (χ4n) is 3.50. The van der Waals surface area contributed by atoms with Gasteiger partial charge in [-0.25, -0.2) is 0 Å². The summed E-state index contributed by atoms with van der Waals surface area (Å²) in [5.41, 5.74) is 4.74. The molecule has 2 fully saturated rings. The van der Waals surface area contributed by atoms with Gasteiger partial charge in [-0.3, -0.25) is 0 Å². The van der Waals surface area contributed by atoms with E-state index >= 15 is 0 Å². The highest BCUT2D eigenvalue weighted by molar-refractivity contribution is 6.62. The molecule has 25 heavy (non-hydrogen) atoms. The van der Waals surface area contributed by atoms with Crippen molar-refractivity contribution in [1.82, 2.24) is 0 Å². The number of hydrogen-bond acceptors (Lipinski definition) is 3. The average molecular weight is 341 g/mol. The molecule has 0 bridgehead atoms. The maximum Gasteiger partial charge on any atom is 0.494 e. The van der Waals surface area contributed by atoms with Gasteiger partial charge in [-0.05, 0) is 68.6 Å². The summed E-state index contributed by atoms with van der Waals surface area (Å²) in [7, 11) is 1.81. The quantitative estimate of drug-likeness (QED) is 0.766. The van der Waals surface area contributed by atoms with Gasteiger partial charge in [-0.2, -0.15) is 0 Å². The Hall–Kier alpha value is -1.26. The Balaban J connectivity index is 1.88. The van der Waals surface area contributed by atoms with Crippen LogP contribution in [0.25, 0.3) is 0 Å². The van der Waals surface area contributed by atoms with Crippen molar-refractivity contribution in [3.05, 3.63) is 35.5 Å². The molecule has 1 aliphatic carbocycles. The van der Waals surface area contributed by atoms with Gasteiger partial charge in [0.05, 0.1) is 11.2 Å². The van der Waals surface area contributed by atoms with Crippen LogP contribution in [0.15, 0.2) is 30.0 Å². The average Bonchev–Trinajstić information content (AvgIpc) is 2.84. The van der Waals surface area contributed by atoms with Crippen molar-refractivity contribution in [1.29, 1.82) is 0 Å². The van der Waals surface area contributed by atoms with Crippen LogP contribution in [-0.4, -0.2) is 25.4 Å². The molecule has 3 rings (SSSR count). The summed E-state index contributed by atoms with van der Waals surface area (Å²) in [5.74, 6) is 0.654. The number of anilines is 1. The predicted molar refractivity (Wildman–Crippen MR) is 106 cm³/mol. The number of allylic oxidation sites excluding steroid dienone is 1. The Kier molecular flexibility index (Phi) is 4.17. The Morgan fingerprint density at radius 3 is 2.04 bits per heavy atom. The van der Waals surface area contributed by atoms with E-state index in [1.54, 1.807) is 0 Å². The second-order valence-electron chi connectivity index (χ2n) is 9.27. The van der Waals surface area contributed by atoms with Gasteiger partial charge in [0.15, 0.2) is 0 Å². The van der Waals surface area contributed by atoms with Crippen LogP contribution in [0.4, 0.5) is 5.69 Å². The summed E-state index contributed by atoms with van der Waals surface area (Å²) in [6.07, 6.45) is 2.29. The van der Waals surface area contributed by atoms with Crippen LogP contribution in [0.3, 0.4) is 0 Å². The molecular formula is C21H32BNO2. The molecule has 4 heteroatoms. The lowest BCUT2D eigenvalue weighted by molar-refractivity contribution is 0.00578. The molecule has 3 nitrogen and oxygen atoms in total. The van der Waals surface area contributed by atoms with Crippen molar-refractivity contribution in [2.24, 2.45) is 11.3 Å². The molecule has 0 N–H and O–H groups in total. The van der Waals surface area contributed by atoms with E-state index in [4.69, 9.17) is 9.31 Å². The topological polar surface area (TPSA) is 21.7 Å². The number of aryl methyl sites for hydroxylation is 1. The summed E-state index contributed by atoms with van der Waals surface area (Å²) >= 11 is 0. The van der Waals surface area contributed by atoms with Gasteiger partial charge in [-0.1, -0.05) is 32.9 Å². The number of nitrogens with zero attached hydrogens (tertiary/aromatic N) is 1. The van der Waals surface area contributed by atoms with Crippen LogP contribution >= 0.6 is 0 Å². The van der Waals surface area contributed by atoms with E-state index in [2.05, 4.69) is 91.7 Å². The van der Waals surface area contributed by atoms with E-state index in [9.17, 15) is 0 Å². The van der Waals surface area contributed by atoms with Crippen LogP contribution in [-0.2, 0) is 9.31 Å². The minimum Gasteiger partial charge on any atom is -0.399 e. The van der Waals surface area contributed by atoms with E-state index in [1.165, 1.54) is 16.8 Å². The lowest BCUT2D eigenvalue weighted by atomic mass is 9.78. The number of benzene rings is 1. The molecule has 0 spiro atoms. The van der Waals surface area contributed by atoms with E-state index in [1.807, 2.05) is 0 Å². The van der Waals surface area contributed by atoms with Crippen molar-refractivity contribution in [3.8, 4) is 0 Å². The first kappa shape index (κ1) is 18.5. The molecule has 1 atom stereocenters. The van der Waals surface area contributed by atoms with Crippen LogP contribution in [0.1, 0.15) is 54.0 Å². The first-order valence-electron chi connectivity index (χ1n) is 9.28. The van der Waals surface area contributed by atoms with E-state index in [0.717, 1.165) is 5.46 Å². The molecular weight excluding hydrogens is 309 g/mol. The molecule has 1 aliphatic heterocycles. The first-order valence-corrected chi connectivity index (χ1v) is 9.28. The van der Waals surface area contributed by atoms with Gasteiger partial charge >= 0.3 is 7.12 Å². The van der Waals surface area contributed by atoms with Crippen molar-refractivity contribution in [2.45, 2.75) is 66.6 Å². The SMILES string of the molecule is Cc1ccc(B2OC(C)(C)C(C)(C)O2)cc1N(C)C=C1C(C)C1(C)C. The highest BCUT2D eigenvalue weighted by Crippen LogP contribution is 2.57. The molecule has 0 amide bonds. The van der Waals surface area contributed by atoms with Crippen LogP contribution in [0.5, 0.6) is 0 Å². The largest absolute Gasteiger partial charge is 0.494 e. The molecule has 1 heterocycles. The minimum absolute atomic E-state index is 0.315. The van der Waals surface area contributed by atoms with Gasteiger partial charge in [0.2, 0.25) is 0 Å². The molecule has 1 aromatic rings. The van der Waals surface area contributed by atoms with Crippen LogP contribution < -0.4 is 10.4 Å². The zero-order valence-electron chi connectivity index (χ0n) is 17.2. The summed E-state index contributed by atoms with van der Waals surface area (Å²) in [4.78, 5) is 2.24. The lowest BCUT2D eigenvalue weighted by Crippen LogP contribution is -2.41. The van der Waals surface area contributed by atoms with Gasteiger partial charge in [-0.15, -0.1) is 0 Å². The molecule has 136 valence electrons. The van der Waals surface area contributed by atoms with E-state index < -0.39 is 0 Å². The van der Waals surface area contributed by atoms with E-state index in [-0.39, 0.29) is 18.3 Å². The van der Waals surface area contributed by atoms with Gasteiger partial charge in [0.1, 0.15) is 0 Å².